The molecule has 6 nitrogen and oxygen atoms in total. The number of rotatable bonds is 6. The molecular weight excluding hydrogens is 416 g/mol. The van der Waals surface area contributed by atoms with Crippen LogP contribution in [0.5, 0.6) is 11.5 Å². The Morgan fingerprint density at radius 3 is 2.67 bits per heavy atom. The SMILES string of the molecule is COc1ccc(OC)c([C@@H]2[C@@H]3CCCC[C@]3(O)CCN2CC(=O)Nc2ccc(C)cc2C)c1. The van der Waals surface area contributed by atoms with E-state index in [9.17, 15) is 9.90 Å². The number of hydrogen-bond acceptors (Lipinski definition) is 5. The van der Waals surface area contributed by atoms with Crippen molar-refractivity contribution in [2.75, 3.05) is 32.6 Å². The number of benzene rings is 2. The van der Waals surface area contributed by atoms with E-state index in [1.54, 1.807) is 14.2 Å². The van der Waals surface area contributed by atoms with Crippen LogP contribution in [-0.2, 0) is 4.79 Å². The molecule has 1 amide bonds. The summed E-state index contributed by atoms with van der Waals surface area (Å²) in [5.74, 6) is 1.50. The predicted octanol–water partition coefficient (Wildman–Crippen LogP) is 4.63. The number of likely N-dealkylation sites (tertiary alicyclic amines) is 1. The van der Waals surface area contributed by atoms with Gasteiger partial charge < -0.3 is 19.9 Å². The topological polar surface area (TPSA) is 71.0 Å². The lowest BCUT2D eigenvalue weighted by Crippen LogP contribution is -2.56. The lowest BCUT2D eigenvalue weighted by atomic mass is 9.66. The number of carbonyl (C=O) groups excluding carboxylic acids is 1. The van der Waals surface area contributed by atoms with Gasteiger partial charge in [0.15, 0.2) is 0 Å². The minimum atomic E-state index is -0.711. The van der Waals surface area contributed by atoms with Crippen molar-refractivity contribution in [2.45, 2.75) is 57.6 Å². The summed E-state index contributed by atoms with van der Waals surface area (Å²) in [7, 11) is 3.32. The fourth-order valence-corrected chi connectivity index (χ4v) is 5.73. The van der Waals surface area contributed by atoms with E-state index in [2.05, 4.69) is 16.3 Å². The van der Waals surface area contributed by atoms with Crippen LogP contribution >= 0.6 is 0 Å². The second-order valence-electron chi connectivity index (χ2n) is 9.60. The van der Waals surface area contributed by atoms with Gasteiger partial charge in [0.05, 0.1) is 26.4 Å². The molecule has 1 heterocycles. The number of aliphatic hydroxyl groups is 1. The Labute approximate surface area is 196 Å². The first-order valence-corrected chi connectivity index (χ1v) is 11.9. The number of carbonyl (C=O) groups is 1. The van der Waals surface area contributed by atoms with Crippen molar-refractivity contribution in [3.63, 3.8) is 0 Å². The van der Waals surface area contributed by atoms with E-state index in [0.29, 0.717) is 13.0 Å². The summed E-state index contributed by atoms with van der Waals surface area (Å²) in [6, 6.07) is 11.7. The highest BCUT2D eigenvalue weighted by molar-refractivity contribution is 5.93. The maximum atomic E-state index is 13.1. The standard InChI is InChI=1S/C27H36N2O4/c1-18-8-10-23(19(2)15-18)28-25(30)17-29-14-13-27(31)12-6-5-7-22(27)26(29)21-16-20(32-3)9-11-24(21)33-4/h8-11,15-16,22,26,31H,5-7,12-14,17H2,1-4H3,(H,28,30)/t22-,26+,27-/m0/s1. The Kier molecular flexibility index (Phi) is 6.96. The zero-order valence-corrected chi connectivity index (χ0v) is 20.2. The van der Waals surface area contributed by atoms with E-state index < -0.39 is 5.60 Å². The summed E-state index contributed by atoms with van der Waals surface area (Å²) in [5, 5.41) is 14.7. The molecule has 2 aromatic rings. The van der Waals surface area contributed by atoms with Crippen LogP contribution in [0.15, 0.2) is 36.4 Å². The second-order valence-corrected chi connectivity index (χ2v) is 9.60. The molecule has 2 aromatic carbocycles. The number of ether oxygens (including phenoxy) is 2. The summed E-state index contributed by atoms with van der Waals surface area (Å²) in [5.41, 5.74) is 3.32. The smallest absolute Gasteiger partial charge is 0.238 e. The summed E-state index contributed by atoms with van der Waals surface area (Å²) in [6.45, 7) is 4.96. The molecule has 1 saturated carbocycles. The molecule has 4 rings (SSSR count). The van der Waals surface area contributed by atoms with Crippen molar-refractivity contribution < 1.29 is 19.4 Å². The molecule has 0 radical (unpaired) electrons. The predicted molar refractivity (Wildman–Crippen MR) is 130 cm³/mol. The van der Waals surface area contributed by atoms with E-state index in [4.69, 9.17) is 9.47 Å². The second kappa shape index (κ2) is 9.74. The Morgan fingerprint density at radius 2 is 1.94 bits per heavy atom. The Balaban J connectivity index is 1.65. The molecule has 2 fully saturated rings. The number of fused-ring (bicyclic) bond motifs is 1. The van der Waals surface area contributed by atoms with E-state index in [1.807, 2.05) is 44.2 Å². The molecular formula is C27H36N2O4. The molecule has 0 bridgehead atoms. The highest BCUT2D eigenvalue weighted by atomic mass is 16.5. The Bertz CT molecular complexity index is 1010. The maximum Gasteiger partial charge on any atom is 0.238 e. The molecule has 2 aliphatic rings. The Morgan fingerprint density at radius 1 is 1.12 bits per heavy atom. The van der Waals surface area contributed by atoms with E-state index in [-0.39, 0.29) is 24.4 Å². The number of methoxy groups -OCH3 is 2. The van der Waals surface area contributed by atoms with Crippen LogP contribution in [0, 0.1) is 19.8 Å². The molecule has 1 aliphatic carbocycles. The van der Waals surface area contributed by atoms with E-state index in [1.165, 1.54) is 5.56 Å². The largest absolute Gasteiger partial charge is 0.497 e. The number of hydrogen-bond donors (Lipinski definition) is 2. The first-order valence-electron chi connectivity index (χ1n) is 11.9. The fraction of sp³-hybridized carbons (Fsp3) is 0.519. The normalized spacial score (nSPS) is 25.2. The maximum absolute atomic E-state index is 13.1. The number of piperidine rings is 1. The molecule has 1 aliphatic heterocycles. The van der Waals surface area contributed by atoms with Crippen LogP contribution < -0.4 is 14.8 Å². The van der Waals surface area contributed by atoms with Gasteiger partial charge in [0.25, 0.3) is 0 Å². The van der Waals surface area contributed by atoms with Gasteiger partial charge in [-0.1, -0.05) is 30.5 Å². The summed E-state index contributed by atoms with van der Waals surface area (Å²) in [6.07, 6.45) is 4.54. The number of amides is 1. The van der Waals surface area contributed by atoms with Crippen LogP contribution in [0.1, 0.15) is 54.8 Å². The van der Waals surface area contributed by atoms with Gasteiger partial charge in [-0.25, -0.2) is 0 Å². The van der Waals surface area contributed by atoms with Gasteiger partial charge in [-0.15, -0.1) is 0 Å². The third-order valence-electron chi connectivity index (χ3n) is 7.43. The number of aryl methyl sites for hydroxylation is 2. The number of anilines is 1. The molecule has 178 valence electrons. The van der Waals surface area contributed by atoms with Crippen molar-refractivity contribution in [3.8, 4) is 11.5 Å². The minimum absolute atomic E-state index is 0.0370. The molecule has 33 heavy (non-hydrogen) atoms. The Hall–Kier alpha value is -2.57. The zero-order valence-electron chi connectivity index (χ0n) is 20.2. The average molecular weight is 453 g/mol. The molecule has 0 spiro atoms. The monoisotopic (exact) mass is 452 g/mol. The molecule has 2 N–H and O–H groups in total. The number of nitrogens with zero attached hydrogens (tertiary/aromatic N) is 1. The minimum Gasteiger partial charge on any atom is -0.497 e. The molecule has 1 saturated heterocycles. The summed E-state index contributed by atoms with van der Waals surface area (Å²) < 4.78 is 11.2. The quantitative estimate of drug-likeness (QED) is 0.669. The van der Waals surface area contributed by atoms with Crippen LogP contribution in [0.3, 0.4) is 0 Å². The van der Waals surface area contributed by atoms with Crippen LogP contribution in [0.25, 0.3) is 0 Å². The van der Waals surface area contributed by atoms with Crippen LogP contribution in [0.2, 0.25) is 0 Å². The van der Waals surface area contributed by atoms with Gasteiger partial charge in [-0.2, -0.15) is 0 Å². The molecule has 6 heteroatoms. The van der Waals surface area contributed by atoms with Crippen molar-refractivity contribution in [1.82, 2.24) is 4.90 Å². The molecule has 0 unspecified atom stereocenters. The van der Waals surface area contributed by atoms with Crippen molar-refractivity contribution in [3.05, 3.63) is 53.1 Å². The van der Waals surface area contributed by atoms with Crippen LogP contribution in [-0.4, -0.2) is 48.8 Å². The first-order chi connectivity index (χ1) is 15.8. The first kappa shape index (κ1) is 23.6. The van der Waals surface area contributed by atoms with Gasteiger partial charge in [0, 0.05) is 29.8 Å². The highest BCUT2D eigenvalue weighted by Crippen LogP contribution is 2.51. The summed E-state index contributed by atoms with van der Waals surface area (Å²) >= 11 is 0. The third-order valence-corrected chi connectivity index (χ3v) is 7.43. The summed E-state index contributed by atoms with van der Waals surface area (Å²) in [4.78, 5) is 15.3. The molecule has 0 aromatic heterocycles. The van der Waals surface area contributed by atoms with E-state index >= 15 is 0 Å². The zero-order chi connectivity index (χ0) is 23.6. The fourth-order valence-electron chi connectivity index (χ4n) is 5.73. The third kappa shape index (κ3) is 4.87. The van der Waals surface area contributed by atoms with Gasteiger partial charge in [0.1, 0.15) is 11.5 Å². The van der Waals surface area contributed by atoms with Gasteiger partial charge in [0.2, 0.25) is 5.91 Å². The van der Waals surface area contributed by atoms with Crippen molar-refractivity contribution in [2.24, 2.45) is 5.92 Å². The average Bonchev–Trinajstić information content (AvgIpc) is 2.80. The van der Waals surface area contributed by atoms with E-state index in [0.717, 1.165) is 54.0 Å². The molecule has 3 atom stereocenters. The van der Waals surface area contributed by atoms with Crippen molar-refractivity contribution in [1.29, 1.82) is 0 Å². The van der Waals surface area contributed by atoms with Crippen molar-refractivity contribution >= 4 is 11.6 Å². The van der Waals surface area contributed by atoms with Gasteiger partial charge in [-0.05, 0) is 62.9 Å². The number of nitrogens with one attached hydrogen (secondary N) is 1. The van der Waals surface area contributed by atoms with Crippen LogP contribution in [0.4, 0.5) is 5.69 Å². The van der Waals surface area contributed by atoms with Gasteiger partial charge in [-0.3, -0.25) is 9.69 Å². The highest BCUT2D eigenvalue weighted by Gasteiger charge is 2.50. The lowest BCUT2D eigenvalue weighted by molar-refractivity contribution is -0.135. The van der Waals surface area contributed by atoms with Gasteiger partial charge >= 0.3 is 0 Å². The lowest BCUT2D eigenvalue weighted by Gasteiger charge is -2.52.